The molecular formula is C12H19FN2O3S. The summed E-state index contributed by atoms with van der Waals surface area (Å²) in [6.07, 6.45) is 1.41. The highest BCUT2D eigenvalue weighted by atomic mass is 32.2. The summed E-state index contributed by atoms with van der Waals surface area (Å²) < 4.78 is 44.8. The topological polar surface area (TPSA) is 81.4 Å². The summed E-state index contributed by atoms with van der Waals surface area (Å²) in [5, 5.41) is 0. The molecule has 19 heavy (non-hydrogen) atoms. The van der Waals surface area contributed by atoms with Gasteiger partial charge in [0.15, 0.2) is 0 Å². The van der Waals surface area contributed by atoms with Crippen LogP contribution >= 0.6 is 0 Å². The van der Waals surface area contributed by atoms with E-state index in [0.29, 0.717) is 13.0 Å². The number of nitrogens with one attached hydrogen (secondary N) is 1. The summed E-state index contributed by atoms with van der Waals surface area (Å²) in [5.74, 6) is -0.607. The van der Waals surface area contributed by atoms with Gasteiger partial charge in [-0.15, -0.1) is 0 Å². The average Bonchev–Trinajstić information content (AvgIpc) is 2.38. The normalized spacial score (nSPS) is 11.7. The van der Waals surface area contributed by atoms with Gasteiger partial charge >= 0.3 is 0 Å². The zero-order valence-corrected chi connectivity index (χ0v) is 11.7. The van der Waals surface area contributed by atoms with E-state index >= 15 is 0 Å². The highest BCUT2D eigenvalue weighted by Crippen LogP contribution is 2.18. The van der Waals surface area contributed by atoms with E-state index in [2.05, 4.69) is 4.72 Å². The van der Waals surface area contributed by atoms with Crippen LogP contribution in [0.4, 0.5) is 4.39 Å². The molecule has 0 amide bonds. The molecule has 0 saturated heterocycles. The molecule has 0 bridgehead atoms. The number of halogens is 1. The lowest BCUT2D eigenvalue weighted by atomic mass is 10.2. The van der Waals surface area contributed by atoms with Crippen LogP contribution in [0.1, 0.15) is 18.4 Å². The molecule has 0 fully saturated rings. The zero-order valence-electron chi connectivity index (χ0n) is 10.9. The smallest absolute Gasteiger partial charge is 0.240 e. The first-order valence-electron chi connectivity index (χ1n) is 5.99. The Balaban J connectivity index is 2.75. The van der Waals surface area contributed by atoms with Crippen molar-refractivity contribution in [2.24, 2.45) is 5.73 Å². The van der Waals surface area contributed by atoms with Crippen LogP contribution in [0.2, 0.25) is 0 Å². The zero-order chi connectivity index (χ0) is 14.3. The van der Waals surface area contributed by atoms with Gasteiger partial charge in [-0.25, -0.2) is 17.5 Å². The van der Waals surface area contributed by atoms with Gasteiger partial charge in [0.2, 0.25) is 10.0 Å². The quantitative estimate of drug-likeness (QED) is 0.700. The van der Waals surface area contributed by atoms with Crippen LogP contribution in [0.5, 0.6) is 0 Å². The molecule has 0 heterocycles. The van der Waals surface area contributed by atoms with Crippen LogP contribution in [0.25, 0.3) is 0 Å². The first kappa shape index (κ1) is 16.0. The largest absolute Gasteiger partial charge is 0.385 e. The van der Waals surface area contributed by atoms with Crippen molar-refractivity contribution in [3.05, 3.63) is 29.6 Å². The standard InChI is InChI=1S/C12H19FN2O3S/c1-18-8-3-2-7-15-19(16,17)12-6-4-5-11(13)10(12)9-14/h4-6,15H,2-3,7-9,14H2,1H3. The first-order chi connectivity index (χ1) is 9.03. The maximum absolute atomic E-state index is 13.5. The number of hydrogen-bond donors (Lipinski definition) is 2. The summed E-state index contributed by atoms with van der Waals surface area (Å²) in [5.41, 5.74) is 5.40. The Kier molecular flexibility index (Phi) is 6.36. The lowest BCUT2D eigenvalue weighted by molar-refractivity contribution is 0.193. The van der Waals surface area contributed by atoms with E-state index in [9.17, 15) is 12.8 Å². The molecule has 1 rings (SSSR count). The number of methoxy groups -OCH3 is 1. The Hall–Kier alpha value is -1.02. The Morgan fingerprint density at radius 1 is 1.37 bits per heavy atom. The van der Waals surface area contributed by atoms with Crippen molar-refractivity contribution >= 4 is 10.0 Å². The van der Waals surface area contributed by atoms with Crippen molar-refractivity contribution in [1.82, 2.24) is 4.72 Å². The van der Waals surface area contributed by atoms with Crippen LogP contribution in [0.15, 0.2) is 23.1 Å². The molecule has 0 aliphatic heterocycles. The molecule has 108 valence electrons. The minimum absolute atomic E-state index is 0.00638. The van der Waals surface area contributed by atoms with E-state index in [0.717, 1.165) is 6.42 Å². The lowest BCUT2D eigenvalue weighted by Gasteiger charge is -2.11. The SMILES string of the molecule is COCCCCNS(=O)(=O)c1cccc(F)c1CN. The third kappa shape index (κ3) is 4.54. The molecule has 3 N–H and O–H groups in total. The van der Waals surface area contributed by atoms with Crippen LogP contribution < -0.4 is 10.5 Å². The number of ether oxygens (including phenoxy) is 1. The number of hydrogen-bond acceptors (Lipinski definition) is 4. The number of benzene rings is 1. The molecular weight excluding hydrogens is 271 g/mol. The van der Waals surface area contributed by atoms with Gasteiger partial charge in [-0.1, -0.05) is 6.07 Å². The number of nitrogens with two attached hydrogens (primary N) is 1. The Labute approximate surface area is 113 Å². The minimum Gasteiger partial charge on any atom is -0.385 e. The summed E-state index contributed by atoms with van der Waals surface area (Å²) >= 11 is 0. The van der Waals surface area contributed by atoms with Crippen LogP contribution in [0, 0.1) is 5.82 Å². The monoisotopic (exact) mass is 290 g/mol. The summed E-state index contributed by atoms with van der Waals surface area (Å²) in [7, 11) is -2.14. The van der Waals surface area contributed by atoms with Crippen molar-refractivity contribution in [3.8, 4) is 0 Å². The Morgan fingerprint density at radius 2 is 2.11 bits per heavy atom. The highest BCUT2D eigenvalue weighted by Gasteiger charge is 2.19. The molecule has 7 heteroatoms. The number of sulfonamides is 1. The van der Waals surface area contributed by atoms with Gasteiger partial charge in [0.05, 0.1) is 4.90 Å². The van der Waals surface area contributed by atoms with Crippen molar-refractivity contribution in [3.63, 3.8) is 0 Å². The molecule has 1 aromatic carbocycles. The predicted molar refractivity (Wildman–Crippen MR) is 70.6 cm³/mol. The van der Waals surface area contributed by atoms with Gasteiger partial charge in [-0.2, -0.15) is 0 Å². The predicted octanol–water partition coefficient (Wildman–Crippen LogP) is 0.989. The molecule has 0 aliphatic rings. The summed E-state index contributed by atoms with van der Waals surface area (Å²) in [6.45, 7) is 0.703. The highest BCUT2D eigenvalue weighted by molar-refractivity contribution is 7.89. The molecule has 0 aliphatic carbocycles. The fourth-order valence-corrected chi connectivity index (χ4v) is 2.98. The van der Waals surface area contributed by atoms with E-state index in [-0.39, 0.29) is 23.5 Å². The molecule has 0 radical (unpaired) electrons. The second-order valence-corrected chi connectivity index (χ2v) is 5.75. The van der Waals surface area contributed by atoms with E-state index in [1.165, 1.54) is 18.2 Å². The van der Waals surface area contributed by atoms with Crippen molar-refractivity contribution in [1.29, 1.82) is 0 Å². The van der Waals surface area contributed by atoms with Gasteiger partial charge in [0, 0.05) is 32.4 Å². The number of rotatable bonds is 8. The lowest BCUT2D eigenvalue weighted by Crippen LogP contribution is -2.26. The van der Waals surface area contributed by atoms with Crippen molar-refractivity contribution < 1.29 is 17.5 Å². The Bertz CT molecular complexity index is 506. The maximum atomic E-state index is 13.5. The molecule has 0 aromatic heterocycles. The van der Waals surface area contributed by atoms with Gasteiger partial charge in [-0.05, 0) is 25.0 Å². The van der Waals surface area contributed by atoms with Crippen LogP contribution in [0.3, 0.4) is 0 Å². The molecule has 0 atom stereocenters. The minimum atomic E-state index is -3.72. The number of unbranched alkanes of at least 4 members (excludes halogenated alkanes) is 1. The third-order valence-electron chi connectivity index (χ3n) is 2.64. The van der Waals surface area contributed by atoms with Crippen molar-refractivity contribution in [2.45, 2.75) is 24.3 Å². The molecule has 5 nitrogen and oxygen atoms in total. The summed E-state index contributed by atoms with van der Waals surface area (Å²) in [4.78, 5) is -0.0956. The molecule has 0 spiro atoms. The van der Waals surface area contributed by atoms with Gasteiger partial charge in [-0.3, -0.25) is 0 Å². The first-order valence-corrected chi connectivity index (χ1v) is 7.47. The fourth-order valence-electron chi connectivity index (χ4n) is 1.64. The van der Waals surface area contributed by atoms with Gasteiger partial charge in [0.1, 0.15) is 5.82 Å². The molecule has 0 saturated carbocycles. The second-order valence-electron chi connectivity index (χ2n) is 4.02. The third-order valence-corrected chi connectivity index (χ3v) is 4.18. The summed E-state index contributed by atoms with van der Waals surface area (Å²) in [6, 6.07) is 3.90. The Morgan fingerprint density at radius 3 is 2.74 bits per heavy atom. The molecule has 0 unspecified atom stereocenters. The average molecular weight is 290 g/mol. The van der Waals surface area contributed by atoms with Gasteiger partial charge < -0.3 is 10.5 Å². The van der Waals surface area contributed by atoms with Crippen molar-refractivity contribution in [2.75, 3.05) is 20.3 Å². The van der Waals surface area contributed by atoms with Crippen LogP contribution in [-0.2, 0) is 21.3 Å². The molecule has 1 aromatic rings. The van der Waals surface area contributed by atoms with Gasteiger partial charge in [0.25, 0.3) is 0 Å². The maximum Gasteiger partial charge on any atom is 0.240 e. The van der Waals surface area contributed by atoms with E-state index in [1.807, 2.05) is 0 Å². The van der Waals surface area contributed by atoms with E-state index < -0.39 is 15.8 Å². The van der Waals surface area contributed by atoms with E-state index in [1.54, 1.807) is 7.11 Å². The van der Waals surface area contributed by atoms with E-state index in [4.69, 9.17) is 10.5 Å². The fraction of sp³-hybridized carbons (Fsp3) is 0.500. The second kappa shape index (κ2) is 7.54. The van der Waals surface area contributed by atoms with Crippen LogP contribution in [-0.4, -0.2) is 28.7 Å².